The summed E-state index contributed by atoms with van der Waals surface area (Å²) in [6, 6.07) is 28.9. The SMILES string of the molecule is O=C(Nc1cccc(SCC(=O)N2CCCc3ccccc32)c1)/C(=C/c1cccc(Cl)c1Cl)NC(=O)c1ccccc1. The van der Waals surface area contributed by atoms with Crippen molar-refractivity contribution in [3.8, 4) is 0 Å². The number of para-hydroxylation sites is 1. The first-order valence-corrected chi connectivity index (χ1v) is 15.1. The first-order valence-electron chi connectivity index (χ1n) is 13.3. The van der Waals surface area contributed by atoms with Crippen molar-refractivity contribution in [1.29, 1.82) is 0 Å². The number of carbonyl (C=O) groups excluding carboxylic acids is 3. The number of fused-ring (bicyclic) bond motifs is 1. The molecule has 0 bridgehead atoms. The van der Waals surface area contributed by atoms with Gasteiger partial charge < -0.3 is 15.5 Å². The number of halogens is 2. The predicted molar refractivity (Wildman–Crippen MR) is 171 cm³/mol. The lowest BCUT2D eigenvalue weighted by Crippen LogP contribution is -2.36. The van der Waals surface area contributed by atoms with E-state index in [9.17, 15) is 14.4 Å². The van der Waals surface area contributed by atoms with Gasteiger partial charge in [-0.2, -0.15) is 0 Å². The molecule has 2 N–H and O–H groups in total. The summed E-state index contributed by atoms with van der Waals surface area (Å²) in [5.74, 6) is -0.693. The Balaban J connectivity index is 1.30. The van der Waals surface area contributed by atoms with Gasteiger partial charge in [-0.3, -0.25) is 14.4 Å². The highest BCUT2D eigenvalue weighted by Crippen LogP contribution is 2.30. The van der Waals surface area contributed by atoms with Crippen LogP contribution >= 0.6 is 35.0 Å². The van der Waals surface area contributed by atoms with Gasteiger partial charge in [-0.05, 0) is 72.5 Å². The van der Waals surface area contributed by atoms with Crippen LogP contribution in [0.5, 0.6) is 0 Å². The summed E-state index contributed by atoms with van der Waals surface area (Å²) >= 11 is 13.9. The van der Waals surface area contributed by atoms with E-state index in [1.54, 1.807) is 66.7 Å². The minimum Gasteiger partial charge on any atom is -0.321 e. The van der Waals surface area contributed by atoms with Crippen LogP contribution < -0.4 is 15.5 Å². The van der Waals surface area contributed by atoms with Crippen LogP contribution in [0.4, 0.5) is 11.4 Å². The molecule has 0 atom stereocenters. The number of nitrogens with one attached hydrogen (secondary N) is 2. The normalized spacial score (nSPS) is 12.8. The lowest BCUT2D eigenvalue weighted by Gasteiger charge is -2.29. The Labute approximate surface area is 258 Å². The first-order chi connectivity index (χ1) is 20.4. The Morgan fingerprint density at radius 2 is 1.64 bits per heavy atom. The number of aryl methyl sites for hydroxylation is 1. The van der Waals surface area contributed by atoms with Gasteiger partial charge in [0.15, 0.2) is 0 Å². The van der Waals surface area contributed by atoms with Gasteiger partial charge in [-0.25, -0.2) is 0 Å². The van der Waals surface area contributed by atoms with Crippen LogP contribution in [0.2, 0.25) is 10.0 Å². The number of hydrogen-bond donors (Lipinski definition) is 2. The molecule has 3 amide bonds. The smallest absolute Gasteiger partial charge is 0.272 e. The lowest BCUT2D eigenvalue weighted by molar-refractivity contribution is -0.116. The summed E-state index contributed by atoms with van der Waals surface area (Å²) in [7, 11) is 0. The Bertz CT molecular complexity index is 1660. The van der Waals surface area contributed by atoms with Crippen LogP contribution in [0, 0.1) is 0 Å². The van der Waals surface area contributed by atoms with Crippen molar-refractivity contribution in [2.45, 2.75) is 17.7 Å². The second-order valence-corrected chi connectivity index (χ2v) is 11.4. The van der Waals surface area contributed by atoms with E-state index >= 15 is 0 Å². The number of benzene rings is 4. The molecule has 1 heterocycles. The second kappa shape index (κ2) is 13.7. The van der Waals surface area contributed by atoms with E-state index in [1.165, 1.54) is 23.4 Å². The molecule has 1 aliphatic rings. The van der Waals surface area contributed by atoms with E-state index in [0.29, 0.717) is 28.4 Å². The lowest BCUT2D eigenvalue weighted by atomic mass is 10.0. The van der Waals surface area contributed by atoms with E-state index in [1.807, 2.05) is 29.2 Å². The topological polar surface area (TPSA) is 78.5 Å². The molecule has 0 spiro atoms. The summed E-state index contributed by atoms with van der Waals surface area (Å²) in [5, 5.41) is 6.14. The van der Waals surface area contributed by atoms with E-state index < -0.39 is 11.8 Å². The molecule has 0 saturated carbocycles. The molecule has 42 heavy (non-hydrogen) atoms. The molecule has 212 valence electrons. The molecule has 5 rings (SSSR count). The van der Waals surface area contributed by atoms with Gasteiger partial charge >= 0.3 is 0 Å². The molecule has 1 aliphatic heterocycles. The third-order valence-electron chi connectivity index (χ3n) is 6.68. The largest absolute Gasteiger partial charge is 0.321 e. The summed E-state index contributed by atoms with van der Waals surface area (Å²) < 4.78 is 0. The third-order valence-corrected chi connectivity index (χ3v) is 8.49. The van der Waals surface area contributed by atoms with Crippen LogP contribution in [0.25, 0.3) is 6.08 Å². The van der Waals surface area contributed by atoms with E-state index in [0.717, 1.165) is 23.4 Å². The van der Waals surface area contributed by atoms with E-state index in [4.69, 9.17) is 23.2 Å². The predicted octanol–water partition coefficient (Wildman–Crippen LogP) is 7.47. The van der Waals surface area contributed by atoms with Crippen LogP contribution in [-0.2, 0) is 16.0 Å². The maximum absolute atomic E-state index is 13.4. The minimum absolute atomic E-state index is 0.00924. The highest BCUT2D eigenvalue weighted by molar-refractivity contribution is 8.00. The number of anilines is 2. The number of carbonyl (C=O) groups is 3. The van der Waals surface area contributed by atoms with Crippen LogP contribution in [-0.4, -0.2) is 30.0 Å². The molecule has 0 unspecified atom stereocenters. The highest BCUT2D eigenvalue weighted by Gasteiger charge is 2.22. The summed E-state index contributed by atoms with van der Waals surface area (Å²) in [6.07, 6.45) is 3.39. The molecule has 0 saturated heterocycles. The number of rotatable bonds is 8. The van der Waals surface area contributed by atoms with Gasteiger partial charge in [0.25, 0.3) is 11.8 Å². The molecule has 6 nitrogen and oxygen atoms in total. The zero-order chi connectivity index (χ0) is 29.5. The van der Waals surface area contributed by atoms with Crippen molar-refractivity contribution >= 4 is 70.1 Å². The Hall–Kier alpha value is -4.04. The van der Waals surface area contributed by atoms with Crippen LogP contribution in [0.1, 0.15) is 27.9 Å². The maximum Gasteiger partial charge on any atom is 0.272 e. The van der Waals surface area contributed by atoms with Gasteiger partial charge in [0.2, 0.25) is 5.91 Å². The van der Waals surface area contributed by atoms with Crippen LogP contribution in [0.3, 0.4) is 0 Å². The molecular formula is C33H27Cl2N3O3S. The second-order valence-electron chi connectivity index (χ2n) is 9.57. The average Bonchev–Trinajstić information content (AvgIpc) is 3.02. The zero-order valence-electron chi connectivity index (χ0n) is 22.5. The third kappa shape index (κ3) is 7.23. The fourth-order valence-corrected chi connectivity index (χ4v) is 5.80. The number of nitrogens with zero attached hydrogens (tertiary/aromatic N) is 1. The summed E-state index contributed by atoms with van der Waals surface area (Å²) in [5.41, 5.74) is 3.54. The number of hydrogen-bond acceptors (Lipinski definition) is 4. The molecule has 0 radical (unpaired) electrons. The standard InChI is InChI=1S/C33H27Cl2N3O3S/c34-27-16-6-12-24(31(27)35)19-28(37-32(40)23-10-2-1-3-11-23)33(41)36-25-14-7-15-26(20-25)42-21-30(39)38-18-8-13-22-9-4-5-17-29(22)38/h1-7,9-12,14-17,19-20H,8,13,18,21H2,(H,36,41)(H,37,40)/b28-19-. The highest BCUT2D eigenvalue weighted by atomic mass is 35.5. The Morgan fingerprint density at radius 3 is 2.48 bits per heavy atom. The van der Waals surface area contributed by atoms with Gasteiger partial charge in [-0.15, -0.1) is 11.8 Å². The summed E-state index contributed by atoms with van der Waals surface area (Å²) in [6.45, 7) is 0.701. The number of thioether (sulfide) groups is 1. The molecule has 0 fully saturated rings. The molecule has 4 aromatic rings. The Kier molecular flexibility index (Phi) is 9.64. The van der Waals surface area contributed by atoms with Crippen molar-refractivity contribution in [2.75, 3.05) is 22.5 Å². The maximum atomic E-state index is 13.4. The molecule has 9 heteroatoms. The van der Waals surface area contributed by atoms with Crippen molar-refractivity contribution < 1.29 is 14.4 Å². The first kappa shape index (κ1) is 29.5. The molecule has 4 aromatic carbocycles. The van der Waals surface area contributed by atoms with Gasteiger partial charge in [0.1, 0.15) is 5.70 Å². The van der Waals surface area contributed by atoms with Gasteiger partial charge in [0, 0.05) is 28.4 Å². The van der Waals surface area contributed by atoms with Gasteiger partial charge in [-0.1, -0.05) is 77.8 Å². The summed E-state index contributed by atoms with van der Waals surface area (Å²) in [4.78, 5) is 42.2. The molecule has 0 aliphatic carbocycles. The van der Waals surface area contributed by atoms with E-state index in [2.05, 4.69) is 16.7 Å². The average molecular weight is 617 g/mol. The Morgan fingerprint density at radius 1 is 0.881 bits per heavy atom. The van der Waals surface area contributed by atoms with Crippen molar-refractivity contribution in [3.63, 3.8) is 0 Å². The molecule has 0 aromatic heterocycles. The van der Waals surface area contributed by atoms with Crippen molar-refractivity contribution in [3.05, 3.63) is 129 Å². The fourth-order valence-electron chi connectivity index (χ4n) is 4.61. The quantitative estimate of drug-likeness (QED) is 0.159. The van der Waals surface area contributed by atoms with Gasteiger partial charge in [0.05, 0.1) is 15.8 Å². The fraction of sp³-hybridized carbons (Fsp3) is 0.121. The minimum atomic E-state index is -0.543. The zero-order valence-corrected chi connectivity index (χ0v) is 24.8. The van der Waals surface area contributed by atoms with Crippen LogP contribution in [0.15, 0.2) is 108 Å². The number of amides is 3. The monoisotopic (exact) mass is 615 g/mol. The van der Waals surface area contributed by atoms with Crippen molar-refractivity contribution in [1.82, 2.24) is 5.32 Å². The van der Waals surface area contributed by atoms with E-state index in [-0.39, 0.29) is 22.4 Å². The van der Waals surface area contributed by atoms with Crippen molar-refractivity contribution in [2.24, 2.45) is 0 Å². The molecular weight excluding hydrogens is 589 g/mol.